The van der Waals surface area contributed by atoms with Crippen molar-refractivity contribution in [2.45, 2.75) is 17.4 Å². The lowest BCUT2D eigenvalue weighted by Crippen LogP contribution is -2.35. The van der Waals surface area contributed by atoms with Gasteiger partial charge in [0.05, 0.1) is 16.4 Å². The van der Waals surface area contributed by atoms with Crippen LogP contribution in [0.15, 0.2) is 57.9 Å². The van der Waals surface area contributed by atoms with Gasteiger partial charge in [-0.1, -0.05) is 22.0 Å². The largest absolute Gasteiger partial charge is 0.322 e. The lowest BCUT2D eigenvalue weighted by atomic mass is 10.2. The molecule has 1 fully saturated rings. The van der Waals surface area contributed by atoms with Gasteiger partial charge in [0.25, 0.3) is 5.91 Å². The molecule has 144 valence electrons. The van der Waals surface area contributed by atoms with E-state index in [0.717, 1.165) is 4.47 Å². The second-order valence-corrected chi connectivity index (χ2v) is 11.1. The highest BCUT2D eigenvalue weighted by atomic mass is 79.9. The van der Waals surface area contributed by atoms with Crippen LogP contribution < -0.4 is 10.0 Å². The van der Waals surface area contributed by atoms with Crippen LogP contribution in [0.5, 0.6) is 0 Å². The van der Waals surface area contributed by atoms with Crippen LogP contribution in [0.1, 0.15) is 16.8 Å². The molecule has 0 aromatic heterocycles. The van der Waals surface area contributed by atoms with Crippen LogP contribution in [0, 0.1) is 0 Å². The first kappa shape index (κ1) is 20.0. The third kappa shape index (κ3) is 5.16. The summed E-state index contributed by atoms with van der Waals surface area (Å²) in [6.45, 7) is 0. The molecule has 0 radical (unpaired) electrons. The number of anilines is 1. The summed E-state index contributed by atoms with van der Waals surface area (Å²) in [4.78, 5) is 12.3. The molecule has 7 nitrogen and oxygen atoms in total. The summed E-state index contributed by atoms with van der Waals surface area (Å²) < 4.78 is 51.0. The molecule has 1 aliphatic rings. The highest BCUT2D eigenvalue weighted by molar-refractivity contribution is 9.10. The molecule has 0 bridgehead atoms. The predicted octanol–water partition coefficient (Wildman–Crippen LogP) is 2.17. The van der Waals surface area contributed by atoms with Crippen LogP contribution >= 0.6 is 15.9 Å². The number of benzene rings is 2. The third-order valence-electron chi connectivity index (χ3n) is 4.06. The number of carbonyl (C=O) groups excluding carboxylic acids is 1. The van der Waals surface area contributed by atoms with Gasteiger partial charge < -0.3 is 5.32 Å². The minimum absolute atomic E-state index is 0.0190. The topological polar surface area (TPSA) is 109 Å². The van der Waals surface area contributed by atoms with Gasteiger partial charge in [-0.3, -0.25) is 4.79 Å². The molecule has 1 amide bonds. The molecular weight excluding hydrogens is 456 g/mol. The SMILES string of the molecule is O=C(Nc1cccc(Br)c1)c1ccc(S(=O)(=O)NC2CCS(=O)(=O)C2)cc1. The van der Waals surface area contributed by atoms with E-state index in [9.17, 15) is 21.6 Å². The molecule has 0 saturated carbocycles. The Kier molecular flexibility index (Phi) is 5.71. The van der Waals surface area contributed by atoms with Crippen molar-refractivity contribution in [3.05, 3.63) is 58.6 Å². The lowest BCUT2D eigenvalue weighted by Gasteiger charge is -2.12. The third-order valence-corrected chi connectivity index (χ3v) is 7.86. The van der Waals surface area contributed by atoms with Gasteiger partial charge in [-0.05, 0) is 48.9 Å². The van der Waals surface area contributed by atoms with Crippen LogP contribution in [-0.2, 0) is 19.9 Å². The zero-order valence-electron chi connectivity index (χ0n) is 14.1. The Labute approximate surface area is 166 Å². The number of amides is 1. The second kappa shape index (κ2) is 7.70. The molecular formula is C17H17BrN2O5S2. The van der Waals surface area contributed by atoms with Crippen molar-refractivity contribution >= 4 is 47.4 Å². The van der Waals surface area contributed by atoms with Gasteiger partial charge >= 0.3 is 0 Å². The number of nitrogens with one attached hydrogen (secondary N) is 2. The molecule has 1 atom stereocenters. The average molecular weight is 473 g/mol. The number of sulfone groups is 1. The molecule has 1 heterocycles. The van der Waals surface area contributed by atoms with E-state index in [0.29, 0.717) is 11.3 Å². The molecule has 3 rings (SSSR count). The maximum atomic E-state index is 12.4. The maximum Gasteiger partial charge on any atom is 0.255 e. The van der Waals surface area contributed by atoms with Gasteiger partial charge in [-0.2, -0.15) is 0 Å². The molecule has 1 saturated heterocycles. The van der Waals surface area contributed by atoms with Crippen LogP contribution in [-0.4, -0.2) is 40.3 Å². The van der Waals surface area contributed by atoms with E-state index in [-0.39, 0.29) is 28.7 Å². The van der Waals surface area contributed by atoms with E-state index < -0.39 is 25.9 Å². The Morgan fingerprint density at radius 2 is 1.81 bits per heavy atom. The predicted molar refractivity (Wildman–Crippen MR) is 106 cm³/mol. The van der Waals surface area contributed by atoms with Crippen molar-refractivity contribution in [3.63, 3.8) is 0 Å². The molecule has 2 aromatic carbocycles. The summed E-state index contributed by atoms with van der Waals surface area (Å²) in [5.74, 6) is -0.583. The van der Waals surface area contributed by atoms with Gasteiger partial charge in [0, 0.05) is 21.8 Å². The number of hydrogen-bond acceptors (Lipinski definition) is 5. The summed E-state index contributed by atoms with van der Waals surface area (Å²) in [6.07, 6.45) is 0.259. The van der Waals surface area contributed by atoms with E-state index in [2.05, 4.69) is 26.0 Å². The average Bonchev–Trinajstić information content (AvgIpc) is 2.93. The zero-order valence-corrected chi connectivity index (χ0v) is 17.3. The molecule has 1 aliphatic heterocycles. The summed E-state index contributed by atoms with van der Waals surface area (Å²) in [7, 11) is -7.04. The molecule has 2 aromatic rings. The number of hydrogen-bond donors (Lipinski definition) is 2. The molecule has 1 unspecified atom stereocenters. The van der Waals surface area contributed by atoms with Crippen molar-refractivity contribution in [1.82, 2.24) is 4.72 Å². The number of rotatable bonds is 5. The van der Waals surface area contributed by atoms with Crippen LogP contribution in [0.2, 0.25) is 0 Å². The first-order valence-electron chi connectivity index (χ1n) is 8.04. The van der Waals surface area contributed by atoms with Crippen molar-refractivity contribution < 1.29 is 21.6 Å². The minimum atomic E-state index is -3.85. The van der Waals surface area contributed by atoms with E-state index in [1.165, 1.54) is 24.3 Å². The summed E-state index contributed by atoms with van der Waals surface area (Å²) in [5.41, 5.74) is 0.910. The molecule has 27 heavy (non-hydrogen) atoms. The van der Waals surface area contributed by atoms with Gasteiger partial charge in [0.2, 0.25) is 10.0 Å². The Morgan fingerprint density at radius 3 is 2.41 bits per heavy atom. The van der Waals surface area contributed by atoms with Crippen LogP contribution in [0.3, 0.4) is 0 Å². The van der Waals surface area contributed by atoms with Crippen molar-refractivity contribution in [1.29, 1.82) is 0 Å². The number of halogens is 1. The van der Waals surface area contributed by atoms with E-state index >= 15 is 0 Å². The molecule has 0 aliphatic carbocycles. The van der Waals surface area contributed by atoms with Crippen LogP contribution in [0.25, 0.3) is 0 Å². The standard InChI is InChI=1S/C17H17BrN2O5S2/c18-13-2-1-3-14(10-13)19-17(21)12-4-6-16(7-5-12)27(24,25)20-15-8-9-26(22,23)11-15/h1-7,10,15,20H,8-9,11H2,(H,19,21). The van der Waals surface area contributed by atoms with Crippen molar-refractivity contribution in [2.75, 3.05) is 16.8 Å². The number of sulfonamides is 1. The monoisotopic (exact) mass is 472 g/mol. The summed E-state index contributed by atoms with van der Waals surface area (Å²) in [6, 6.07) is 11.9. The smallest absolute Gasteiger partial charge is 0.255 e. The van der Waals surface area contributed by atoms with Gasteiger partial charge in [0.15, 0.2) is 9.84 Å². The van der Waals surface area contributed by atoms with E-state index in [1.807, 2.05) is 6.07 Å². The Bertz CT molecular complexity index is 1070. The first-order valence-corrected chi connectivity index (χ1v) is 12.1. The second-order valence-electron chi connectivity index (χ2n) is 6.21. The van der Waals surface area contributed by atoms with Gasteiger partial charge in [0.1, 0.15) is 0 Å². The highest BCUT2D eigenvalue weighted by Crippen LogP contribution is 2.18. The maximum absolute atomic E-state index is 12.4. The zero-order chi connectivity index (χ0) is 19.7. The Balaban J connectivity index is 1.69. The Hall–Kier alpha value is -1.75. The quantitative estimate of drug-likeness (QED) is 0.692. The lowest BCUT2D eigenvalue weighted by molar-refractivity contribution is 0.102. The normalized spacial score (nSPS) is 18.9. The van der Waals surface area contributed by atoms with Crippen molar-refractivity contribution in [2.24, 2.45) is 0 Å². The van der Waals surface area contributed by atoms with Gasteiger partial charge in [-0.25, -0.2) is 21.6 Å². The van der Waals surface area contributed by atoms with E-state index in [1.54, 1.807) is 18.2 Å². The fourth-order valence-corrected chi connectivity index (χ4v) is 6.18. The fourth-order valence-electron chi connectivity index (χ4n) is 2.73. The fraction of sp³-hybridized carbons (Fsp3) is 0.235. The van der Waals surface area contributed by atoms with Gasteiger partial charge in [-0.15, -0.1) is 0 Å². The van der Waals surface area contributed by atoms with Crippen LogP contribution in [0.4, 0.5) is 5.69 Å². The summed E-state index contributed by atoms with van der Waals surface area (Å²) in [5, 5.41) is 2.72. The summed E-state index contributed by atoms with van der Waals surface area (Å²) >= 11 is 3.32. The molecule has 0 spiro atoms. The Morgan fingerprint density at radius 1 is 1.11 bits per heavy atom. The van der Waals surface area contributed by atoms with Crippen molar-refractivity contribution in [3.8, 4) is 0 Å². The molecule has 2 N–H and O–H groups in total. The van der Waals surface area contributed by atoms with E-state index in [4.69, 9.17) is 0 Å². The minimum Gasteiger partial charge on any atom is -0.322 e. The number of carbonyl (C=O) groups is 1. The first-order chi connectivity index (χ1) is 12.6. The highest BCUT2D eigenvalue weighted by Gasteiger charge is 2.31. The molecule has 10 heteroatoms.